The third-order valence-electron chi connectivity index (χ3n) is 3.07. The first-order chi connectivity index (χ1) is 6.47. The van der Waals surface area contributed by atoms with Gasteiger partial charge in [0.25, 0.3) is 0 Å². The Morgan fingerprint density at radius 1 is 0.846 bits per heavy atom. The van der Waals surface area contributed by atoms with Crippen molar-refractivity contribution < 1.29 is 4.74 Å². The zero-order chi connectivity index (χ0) is 8.93. The van der Waals surface area contributed by atoms with E-state index >= 15 is 0 Å². The largest absolute Gasteiger partial charge is 0.379 e. The highest BCUT2D eigenvalue weighted by Gasteiger charge is 2.24. The molecule has 0 amide bonds. The van der Waals surface area contributed by atoms with Gasteiger partial charge in [0, 0.05) is 25.2 Å². The van der Waals surface area contributed by atoms with Crippen molar-refractivity contribution in [2.24, 2.45) is 0 Å². The lowest BCUT2D eigenvalue weighted by Crippen LogP contribution is -2.50. The summed E-state index contributed by atoms with van der Waals surface area (Å²) < 4.78 is 5.44. The van der Waals surface area contributed by atoms with Crippen LogP contribution >= 0.6 is 0 Å². The molecule has 1 saturated heterocycles. The second kappa shape index (κ2) is 4.94. The van der Waals surface area contributed by atoms with E-state index in [4.69, 9.17) is 4.74 Å². The van der Waals surface area contributed by atoms with Crippen LogP contribution in [0.4, 0.5) is 0 Å². The molecule has 0 radical (unpaired) electrons. The minimum absolute atomic E-state index is 0.690. The summed E-state index contributed by atoms with van der Waals surface area (Å²) in [5, 5.41) is 7.15. The van der Waals surface area contributed by atoms with Crippen LogP contribution in [-0.4, -0.2) is 38.4 Å². The van der Waals surface area contributed by atoms with Gasteiger partial charge >= 0.3 is 0 Å². The molecule has 3 nitrogen and oxygen atoms in total. The summed E-state index contributed by atoms with van der Waals surface area (Å²) in [6, 6.07) is 1.38. The van der Waals surface area contributed by atoms with Crippen molar-refractivity contribution in [3.05, 3.63) is 0 Å². The summed E-state index contributed by atoms with van der Waals surface area (Å²) in [6.07, 6.45) is 5.43. The summed E-state index contributed by atoms with van der Waals surface area (Å²) in [6.45, 7) is 3.77. The van der Waals surface area contributed by atoms with Crippen LogP contribution in [-0.2, 0) is 4.74 Å². The van der Waals surface area contributed by atoms with Crippen LogP contribution in [0.25, 0.3) is 0 Å². The molecule has 3 heteroatoms. The van der Waals surface area contributed by atoms with Crippen LogP contribution in [0.2, 0.25) is 0 Å². The molecule has 1 aliphatic carbocycles. The maximum atomic E-state index is 5.44. The molecule has 2 aliphatic rings. The van der Waals surface area contributed by atoms with Gasteiger partial charge in [-0.1, -0.05) is 12.8 Å². The van der Waals surface area contributed by atoms with Crippen molar-refractivity contribution in [2.45, 2.75) is 37.8 Å². The van der Waals surface area contributed by atoms with Crippen molar-refractivity contribution in [2.75, 3.05) is 26.3 Å². The van der Waals surface area contributed by atoms with E-state index in [9.17, 15) is 0 Å². The molecular formula is C10H20N2O. The van der Waals surface area contributed by atoms with E-state index in [1.54, 1.807) is 0 Å². The van der Waals surface area contributed by atoms with Crippen molar-refractivity contribution >= 4 is 0 Å². The summed E-state index contributed by atoms with van der Waals surface area (Å²) in [5.74, 6) is 0. The Hall–Kier alpha value is -0.120. The van der Waals surface area contributed by atoms with E-state index in [1.807, 2.05) is 0 Å². The van der Waals surface area contributed by atoms with Gasteiger partial charge in [0.1, 0.15) is 0 Å². The van der Waals surface area contributed by atoms with Gasteiger partial charge in [0.15, 0.2) is 0 Å². The Labute approximate surface area is 80.2 Å². The molecule has 1 aliphatic heterocycles. The van der Waals surface area contributed by atoms with Gasteiger partial charge in [-0.25, -0.2) is 0 Å². The Morgan fingerprint density at radius 2 is 1.38 bits per heavy atom. The molecule has 13 heavy (non-hydrogen) atoms. The minimum atomic E-state index is 0.690. The molecule has 0 aromatic carbocycles. The average Bonchev–Trinajstić information content (AvgIpc) is 2.28. The van der Waals surface area contributed by atoms with Crippen molar-refractivity contribution in [3.8, 4) is 0 Å². The lowest BCUT2D eigenvalue weighted by atomic mass is 9.90. The predicted molar refractivity (Wildman–Crippen MR) is 52.9 cm³/mol. The summed E-state index contributed by atoms with van der Waals surface area (Å²) in [7, 11) is 0. The molecular weight excluding hydrogens is 164 g/mol. The Balaban J connectivity index is 1.88. The second-order valence-corrected chi connectivity index (χ2v) is 4.02. The number of rotatable bonds is 0. The topological polar surface area (TPSA) is 33.3 Å². The summed E-state index contributed by atoms with van der Waals surface area (Å²) in [5.41, 5.74) is 0. The SMILES string of the molecule is C1CC[C@H]2NCCOCCN[C@@H]2C1. The minimum Gasteiger partial charge on any atom is -0.379 e. The summed E-state index contributed by atoms with van der Waals surface area (Å²) >= 11 is 0. The van der Waals surface area contributed by atoms with Gasteiger partial charge in [0.05, 0.1) is 13.2 Å². The van der Waals surface area contributed by atoms with Crippen LogP contribution in [0.15, 0.2) is 0 Å². The number of nitrogens with one attached hydrogen (secondary N) is 2. The smallest absolute Gasteiger partial charge is 0.0591 e. The molecule has 0 spiro atoms. The zero-order valence-corrected chi connectivity index (χ0v) is 8.22. The second-order valence-electron chi connectivity index (χ2n) is 4.02. The molecule has 76 valence electrons. The highest BCUT2D eigenvalue weighted by atomic mass is 16.5. The zero-order valence-electron chi connectivity index (χ0n) is 8.22. The number of hydrogen-bond acceptors (Lipinski definition) is 3. The van der Waals surface area contributed by atoms with Crippen LogP contribution in [0.3, 0.4) is 0 Å². The van der Waals surface area contributed by atoms with Crippen LogP contribution in [0.5, 0.6) is 0 Å². The maximum Gasteiger partial charge on any atom is 0.0591 e. The number of hydrogen-bond donors (Lipinski definition) is 2. The summed E-state index contributed by atoms with van der Waals surface area (Å²) in [4.78, 5) is 0. The fourth-order valence-electron chi connectivity index (χ4n) is 2.35. The molecule has 2 rings (SSSR count). The van der Waals surface area contributed by atoms with Gasteiger partial charge in [-0.3, -0.25) is 0 Å². The van der Waals surface area contributed by atoms with Gasteiger partial charge in [-0.15, -0.1) is 0 Å². The van der Waals surface area contributed by atoms with E-state index in [1.165, 1.54) is 25.7 Å². The fraction of sp³-hybridized carbons (Fsp3) is 1.00. The van der Waals surface area contributed by atoms with Gasteiger partial charge in [-0.2, -0.15) is 0 Å². The molecule has 2 fully saturated rings. The molecule has 2 N–H and O–H groups in total. The first-order valence-corrected chi connectivity index (χ1v) is 5.51. The molecule has 0 aromatic heterocycles. The third kappa shape index (κ3) is 2.66. The molecule has 0 bridgehead atoms. The molecule has 1 heterocycles. The lowest BCUT2D eigenvalue weighted by Gasteiger charge is -2.32. The van der Waals surface area contributed by atoms with Crippen LogP contribution in [0.1, 0.15) is 25.7 Å². The first kappa shape index (κ1) is 9.44. The predicted octanol–water partition coefficient (Wildman–Crippen LogP) is 0.507. The normalized spacial score (nSPS) is 36.9. The molecule has 1 saturated carbocycles. The Morgan fingerprint density at radius 3 is 1.92 bits per heavy atom. The standard InChI is InChI=1S/C10H20N2O/c1-2-4-10-9(3-1)11-5-7-13-8-6-12-10/h9-12H,1-8H2/t9-,10-/m1/s1. The monoisotopic (exact) mass is 184 g/mol. The van der Waals surface area contributed by atoms with E-state index < -0.39 is 0 Å². The van der Waals surface area contributed by atoms with E-state index in [2.05, 4.69) is 10.6 Å². The third-order valence-corrected chi connectivity index (χ3v) is 3.07. The molecule has 2 atom stereocenters. The Kier molecular flexibility index (Phi) is 3.58. The van der Waals surface area contributed by atoms with Gasteiger partial charge < -0.3 is 15.4 Å². The quantitative estimate of drug-likeness (QED) is 0.575. The lowest BCUT2D eigenvalue weighted by molar-refractivity contribution is 0.142. The molecule has 0 unspecified atom stereocenters. The van der Waals surface area contributed by atoms with Crippen LogP contribution in [0, 0.1) is 0 Å². The van der Waals surface area contributed by atoms with E-state index in [0.717, 1.165) is 26.3 Å². The Bertz CT molecular complexity index is 136. The van der Waals surface area contributed by atoms with Gasteiger partial charge in [-0.05, 0) is 12.8 Å². The highest BCUT2D eigenvalue weighted by Crippen LogP contribution is 2.18. The highest BCUT2D eigenvalue weighted by molar-refractivity contribution is 4.86. The fourth-order valence-corrected chi connectivity index (χ4v) is 2.35. The first-order valence-electron chi connectivity index (χ1n) is 5.51. The number of ether oxygens (including phenoxy) is 1. The molecule has 0 aromatic rings. The van der Waals surface area contributed by atoms with Crippen molar-refractivity contribution in [1.82, 2.24) is 10.6 Å². The van der Waals surface area contributed by atoms with Crippen LogP contribution < -0.4 is 10.6 Å². The average molecular weight is 184 g/mol. The van der Waals surface area contributed by atoms with Gasteiger partial charge in [0.2, 0.25) is 0 Å². The van der Waals surface area contributed by atoms with E-state index in [-0.39, 0.29) is 0 Å². The van der Waals surface area contributed by atoms with Crippen molar-refractivity contribution in [3.63, 3.8) is 0 Å². The maximum absolute atomic E-state index is 5.44. The van der Waals surface area contributed by atoms with E-state index in [0.29, 0.717) is 12.1 Å². The van der Waals surface area contributed by atoms with Crippen molar-refractivity contribution in [1.29, 1.82) is 0 Å². The number of fused-ring (bicyclic) bond motifs is 1.